The van der Waals surface area contributed by atoms with Crippen molar-refractivity contribution in [3.05, 3.63) is 52.9 Å². The molecule has 3 aromatic rings. The van der Waals surface area contributed by atoms with Crippen molar-refractivity contribution in [3.63, 3.8) is 0 Å². The first kappa shape index (κ1) is 24.1. The van der Waals surface area contributed by atoms with E-state index in [0.29, 0.717) is 24.9 Å². The molecule has 1 fully saturated rings. The molecular weight excluding hydrogens is 465 g/mol. The number of hydrogen-bond donors (Lipinski definition) is 2. The molecule has 0 spiro atoms. The number of hydrogen-bond acceptors (Lipinski definition) is 6. The second kappa shape index (κ2) is 9.32. The van der Waals surface area contributed by atoms with E-state index >= 15 is 0 Å². The monoisotopic (exact) mass is 490 g/mol. The normalized spacial score (nSPS) is 20.8. The second-order valence-electron chi connectivity index (χ2n) is 8.75. The number of carbonyl (C=O) groups is 1. The molecule has 0 bridgehead atoms. The number of benzene rings is 1. The van der Waals surface area contributed by atoms with E-state index in [9.17, 15) is 23.1 Å². The lowest BCUT2D eigenvalue weighted by molar-refractivity contribution is -0.151. The van der Waals surface area contributed by atoms with E-state index < -0.39 is 23.3 Å². The largest absolute Gasteiger partial charge is 0.481 e. The zero-order valence-corrected chi connectivity index (χ0v) is 19.6. The van der Waals surface area contributed by atoms with Crippen LogP contribution in [0.25, 0.3) is 10.4 Å². The van der Waals surface area contributed by atoms with Gasteiger partial charge in [-0.05, 0) is 68.4 Å². The molecule has 4 rings (SSSR count). The first-order valence-electron chi connectivity index (χ1n) is 11.1. The molecule has 0 atom stereocenters. The van der Waals surface area contributed by atoms with Crippen LogP contribution in [0.2, 0.25) is 0 Å². The van der Waals surface area contributed by atoms with Gasteiger partial charge in [0, 0.05) is 24.0 Å². The third-order valence-electron chi connectivity index (χ3n) is 6.51. The summed E-state index contributed by atoms with van der Waals surface area (Å²) in [5.74, 6) is -0.604. The fraction of sp³-hybridized carbons (Fsp3) is 0.417. The number of carboxylic acids is 1. The van der Waals surface area contributed by atoms with Crippen LogP contribution in [0.15, 0.2) is 36.7 Å². The lowest BCUT2D eigenvalue weighted by Crippen LogP contribution is -2.34. The topological polar surface area (TPSA) is 88.0 Å². The molecular formula is C24H25F3N4O2S. The Hall–Kier alpha value is -3.01. The van der Waals surface area contributed by atoms with Crippen molar-refractivity contribution in [2.75, 3.05) is 5.32 Å². The molecule has 2 N–H and O–H groups in total. The average Bonchev–Trinajstić information content (AvgIpc) is 3.29. The summed E-state index contributed by atoms with van der Waals surface area (Å²) in [7, 11) is 0. The van der Waals surface area contributed by atoms with E-state index in [0.717, 1.165) is 46.1 Å². The van der Waals surface area contributed by atoms with Crippen LogP contribution in [0.1, 0.15) is 61.2 Å². The molecule has 1 aliphatic carbocycles. The lowest BCUT2D eigenvalue weighted by Gasteiger charge is -2.35. The van der Waals surface area contributed by atoms with Gasteiger partial charge in [0.15, 0.2) is 0 Å². The fourth-order valence-corrected chi connectivity index (χ4v) is 5.52. The maximum absolute atomic E-state index is 13.0. The van der Waals surface area contributed by atoms with Gasteiger partial charge in [0.1, 0.15) is 5.69 Å². The molecule has 10 heteroatoms. The average molecular weight is 491 g/mol. The van der Waals surface area contributed by atoms with Gasteiger partial charge in [-0.1, -0.05) is 13.0 Å². The summed E-state index contributed by atoms with van der Waals surface area (Å²) in [6, 6.07) is 6.47. The van der Waals surface area contributed by atoms with Crippen molar-refractivity contribution < 1.29 is 23.1 Å². The Labute approximate surface area is 199 Å². The highest BCUT2D eigenvalue weighted by Gasteiger charge is 2.41. The molecule has 0 aliphatic heterocycles. The highest BCUT2D eigenvalue weighted by molar-refractivity contribution is 7.15. The molecule has 0 saturated heterocycles. The van der Waals surface area contributed by atoms with Gasteiger partial charge < -0.3 is 10.4 Å². The van der Waals surface area contributed by atoms with Crippen molar-refractivity contribution >= 4 is 28.9 Å². The van der Waals surface area contributed by atoms with E-state index in [1.54, 1.807) is 17.5 Å². The Morgan fingerprint density at radius 1 is 1.24 bits per heavy atom. The van der Waals surface area contributed by atoms with Crippen LogP contribution < -0.4 is 5.32 Å². The zero-order valence-electron chi connectivity index (χ0n) is 18.8. The third-order valence-corrected chi connectivity index (χ3v) is 7.72. The number of carboxylic acid groups (broad SMARTS) is 1. The van der Waals surface area contributed by atoms with Crippen LogP contribution >= 0.6 is 11.3 Å². The van der Waals surface area contributed by atoms with E-state index in [4.69, 9.17) is 0 Å². The van der Waals surface area contributed by atoms with E-state index in [1.807, 2.05) is 32.0 Å². The minimum Gasteiger partial charge on any atom is -0.481 e. The van der Waals surface area contributed by atoms with E-state index in [1.165, 1.54) is 0 Å². The minimum absolute atomic E-state index is 0.128. The van der Waals surface area contributed by atoms with Gasteiger partial charge in [-0.15, -0.1) is 11.3 Å². The number of nitrogens with one attached hydrogen (secondary N) is 1. The summed E-state index contributed by atoms with van der Waals surface area (Å²) in [5.41, 5.74) is 0.763. The molecule has 0 amide bonds. The molecule has 1 aromatic carbocycles. The Kier molecular flexibility index (Phi) is 6.62. The van der Waals surface area contributed by atoms with Gasteiger partial charge >= 0.3 is 12.1 Å². The predicted molar refractivity (Wildman–Crippen MR) is 124 cm³/mol. The van der Waals surface area contributed by atoms with Crippen LogP contribution in [0.3, 0.4) is 0 Å². The van der Waals surface area contributed by atoms with Crippen LogP contribution in [0.5, 0.6) is 0 Å². The number of aliphatic carboxylic acids is 1. The first-order chi connectivity index (χ1) is 16.1. The van der Waals surface area contributed by atoms with Crippen molar-refractivity contribution in [1.29, 1.82) is 0 Å². The number of halogens is 3. The van der Waals surface area contributed by atoms with Crippen molar-refractivity contribution in [2.24, 2.45) is 5.41 Å². The summed E-state index contributed by atoms with van der Waals surface area (Å²) in [5, 5.41) is 13.5. The van der Waals surface area contributed by atoms with Gasteiger partial charge in [-0.25, -0.2) is 15.0 Å². The van der Waals surface area contributed by atoms with Crippen LogP contribution in [-0.2, 0) is 11.0 Å². The molecule has 34 heavy (non-hydrogen) atoms. The van der Waals surface area contributed by atoms with Crippen LogP contribution in [-0.4, -0.2) is 26.0 Å². The molecule has 1 saturated carbocycles. The fourth-order valence-electron chi connectivity index (χ4n) is 4.45. The molecule has 1 aliphatic rings. The van der Waals surface area contributed by atoms with Gasteiger partial charge in [0.25, 0.3) is 0 Å². The van der Waals surface area contributed by atoms with Gasteiger partial charge in [-0.2, -0.15) is 13.2 Å². The first-order valence-corrected chi connectivity index (χ1v) is 11.9. The molecule has 2 heterocycles. The third kappa shape index (κ3) is 5.06. The van der Waals surface area contributed by atoms with Gasteiger partial charge in [0.05, 0.1) is 15.3 Å². The predicted octanol–water partition coefficient (Wildman–Crippen LogP) is 6.81. The quantitative estimate of drug-likeness (QED) is 0.395. The van der Waals surface area contributed by atoms with E-state index in [2.05, 4.69) is 20.3 Å². The molecule has 0 radical (unpaired) electrons. The van der Waals surface area contributed by atoms with Crippen molar-refractivity contribution in [1.82, 2.24) is 15.0 Å². The van der Waals surface area contributed by atoms with E-state index in [-0.39, 0.29) is 11.9 Å². The zero-order chi connectivity index (χ0) is 24.5. The highest BCUT2D eigenvalue weighted by atomic mass is 32.1. The molecule has 0 unspecified atom stereocenters. The minimum atomic E-state index is -4.55. The van der Waals surface area contributed by atoms with Crippen LogP contribution in [0, 0.1) is 12.3 Å². The molecule has 180 valence electrons. The van der Waals surface area contributed by atoms with Gasteiger partial charge in [-0.3, -0.25) is 4.79 Å². The number of anilines is 2. The number of nitrogens with zero attached hydrogens (tertiary/aromatic N) is 3. The Morgan fingerprint density at radius 2 is 1.97 bits per heavy atom. The van der Waals surface area contributed by atoms with Gasteiger partial charge in [0.2, 0.25) is 5.95 Å². The summed E-state index contributed by atoms with van der Waals surface area (Å²) in [6.07, 6.45) is 1.84. The second-order valence-corrected chi connectivity index (χ2v) is 9.81. The SMILES string of the molecule is CCC1(C(=O)O)CCC(c2ncc(-c3cc(C)cc(Nc4nccc(C(F)(F)F)n4)c3)s2)CC1. The molecule has 6 nitrogen and oxygen atoms in total. The number of alkyl halides is 3. The summed E-state index contributed by atoms with van der Waals surface area (Å²) in [4.78, 5) is 24.7. The number of rotatable bonds is 6. The number of aryl methyl sites for hydroxylation is 1. The van der Waals surface area contributed by atoms with Crippen LogP contribution in [0.4, 0.5) is 24.8 Å². The maximum atomic E-state index is 13.0. The summed E-state index contributed by atoms with van der Waals surface area (Å²) < 4.78 is 38.9. The maximum Gasteiger partial charge on any atom is 0.433 e. The Bertz CT molecular complexity index is 1190. The number of thiazole rings is 1. The molecule has 2 aromatic heterocycles. The van der Waals surface area contributed by atoms with Crippen molar-refractivity contribution in [2.45, 2.75) is 58.0 Å². The summed E-state index contributed by atoms with van der Waals surface area (Å²) >= 11 is 1.57. The number of aromatic nitrogens is 3. The Morgan fingerprint density at radius 3 is 2.62 bits per heavy atom. The van der Waals surface area contributed by atoms with Crippen molar-refractivity contribution in [3.8, 4) is 10.4 Å². The Balaban J connectivity index is 1.52. The lowest BCUT2D eigenvalue weighted by atomic mass is 9.69. The highest BCUT2D eigenvalue weighted by Crippen LogP contribution is 2.46. The smallest absolute Gasteiger partial charge is 0.433 e. The standard InChI is InChI=1S/C24H25F3N4O2S/c1-3-23(21(32)33)7-4-15(5-8-23)20-29-13-18(34-20)16-10-14(2)11-17(12-16)30-22-28-9-6-19(31-22)24(25,26)27/h6,9-13,15H,3-5,7-8H2,1-2H3,(H,32,33)(H,28,30,31). The summed E-state index contributed by atoms with van der Waals surface area (Å²) in [6.45, 7) is 3.84.